The lowest BCUT2D eigenvalue weighted by Gasteiger charge is -2.39. The van der Waals surface area contributed by atoms with Crippen LogP contribution >= 0.6 is 0 Å². The van der Waals surface area contributed by atoms with Gasteiger partial charge in [-0.15, -0.1) is 0 Å². The molecule has 59 heavy (non-hydrogen) atoms. The number of pyridine rings is 3. The molecule has 0 aliphatic heterocycles. The van der Waals surface area contributed by atoms with E-state index in [4.69, 9.17) is 19.4 Å². The molecular formula is C52H36N6O. The van der Waals surface area contributed by atoms with Crippen molar-refractivity contribution in [3.63, 3.8) is 0 Å². The molecule has 0 fully saturated rings. The summed E-state index contributed by atoms with van der Waals surface area (Å²) in [4.78, 5) is 14.8. The Kier molecular flexibility index (Phi) is 6.63. The summed E-state index contributed by atoms with van der Waals surface area (Å²) in [5.41, 5.74) is 15.0. The summed E-state index contributed by atoms with van der Waals surface area (Å²) in [7, 11) is 0. The Morgan fingerprint density at radius 2 is 1.12 bits per heavy atom. The van der Waals surface area contributed by atoms with E-state index in [1.165, 1.54) is 11.1 Å². The van der Waals surface area contributed by atoms with Gasteiger partial charge in [0.2, 0.25) is 0 Å². The monoisotopic (exact) mass is 760 g/mol. The third-order valence-electron chi connectivity index (χ3n) is 13.0. The van der Waals surface area contributed by atoms with Crippen LogP contribution in [0.25, 0.3) is 88.2 Å². The molecule has 0 saturated carbocycles. The topological polar surface area (TPSA) is 66.6 Å². The third-order valence-corrected chi connectivity index (χ3v) is 13.0. The Morgan fingerprint density at radius 1 is 0.525 bits per heavy atom. The van der Waals surface area contributed by atoms with Crippen molar-refractivity contribution in [1.82, 2.24) is 28.7 Å². The van der Waals surface area contributed by atoms with Crippen molar-refractivity contribution in [3.8, 4) is 11.4 Å². The van der Waals surface area contributed by atoms with Gasteiger partial charge in [0.25, 0.3) is 0 Å². The summed E-state index contributed by atoms with van der Waals surface area (Å²) < 4.78 is 14.6. The van der Waals surface area contributed by atoms with Crippen molar-refractivity contribution >= 4 is 76.8 Å². The van der Waals surface area contributed by atoms with Crippen LogP contribution in [0.2, 0.25) is 0 Å². The van der Waals surface area contributed by atoms with Crippen molar-refractivity contribution in [2.45, 2.75) is 31.2 Å². The lowest BCUT2D eigenvalue weighted by molar-refractivity contribution is 0.306. The number of rotatable bonds is 4. The minimum absolute atomic E-state index is 0.116. The Bertz CT molecular complexity index is 3560. The number of furan rings is 1. The second-order valence-corrected chi connectivity index (χ2v) is 16.3. The number of hydrogen-bond donors (Lipinski definition) is 0. The van der Waals surface area contributed by atoms with Gasteiger partial charge in [-0.2, -0.15) is 0 Å². The van der Waals surface area contributed by atoms with Crippen molar-refractivity contribution < 1.29 is 4.42 Å². The van der Waals surface area contributed by atoms with Gasteiger partial charge in [-0.1, -0.05) is 79.7 Å². The SMILES string of the molecule is CC1(c2ccc3c(c2)c2ncccc2n3-c2ccccc2)Cc2c(oc3c(-n4c5ccccc5c5ncccc54)cccc23)C(n2c3ccccc3c3ncccc32)C1. The van der Waals surface area contributed by atoms with Crippen LogP contribution in [0.4, 0.5) is 0 Å². The molecule has 0 bridgehead atoms. The largest absolute Gasteiger partial charge is 0.456 e. The molecule has 12 aromatic rings. The summed E-state index contributed by atoms with van der Waals surface area (Å²) in [6, 6.07) is 54.1. The molecule has 5 aromatic carbocycles. The molecular weight excluding hydrogens is 725 g/mol. The van der Waals surface area contributed by atoms with E-state index in [-0.39, 0.29) is 11.5 Å². The Balaban J connectivity index is 1.08. The molecule has 1 aliphatic carbocycles. The van der Waals surface area contributed by atoms with Gasteiger partial charge in [0.1, 0.15) is 5.76 Å². The summed E-state index contributed by atoms with van der Waals surface area (Å²) in [6.45, 7) is 2.45. The van der Waals surface area contributed by atoms with Crippen molar-refractivity contribution in [1.29, 1.82) is 0 Å². The van der Waals surface area contributed by atoms with Crippen molar-refractivity contribution in [2.24, 2.45) is 0 Å². The minimum Gasteiger partial charge on any atom is -0.456 e. The molecule has 7 aromatic heterocycles. The van der Waals surface area contributed by atoms with E-state index in [1.807, 2.05) is 30.7 Å². The van der Waals surface area contributed by atoms with Gasteiger partial charge >= 0.3 is 0 Å². The van der Waals surface area contributed by atoms with E-state index in [1.54, 1.807) is 0 Å². The lowest BCUT2D eigenvalue weighted by Crippen LogP contribution is -2.34. The van der Waals surface area contributed by atoms with Gasteiger partial charge in [0, 0.05) is 51.4 Å². The molecule has 0 spiro atoms. The van der Waals surface area contributed by atoms with E-state index in [2.05, 4.69) is 160 Å². The Morgan fingerprint density at radius 3 is 1.90 bits per heavy atom. The van der Waals surface area contributed by atoms with Crippen LogP contribution in [0.5, 0.6) is 0 Å². The maximum atomic E-state index is 7.39. The number of benzene rings is 5. The first-order valence-electron chi connectivity index (χ1n) is 20.3. The first kappa shape index (κ1) is 32.6. The first-order chi connectivity index (χ1) is 29.1. The summed E-state index contributed by atoms with van der Waals surface area (Å²) in [6.07, 6.45) is 7.33. The molecule has 280 valence electrons. The number of fused-ring (bicyclic) bond motifs is 12. The number of para-hydroxylation sites is 4. The van der Waals surface area contributed by atoms with Crippen LogP contribution in [0.15, 0.2) is 175 Å². The fraction of sp³-hybridized carbons (Fsp3) is 0.0962. The molecule has 7 heterocycles. The molecule has 13 rings (SSSR count). The van der Waals surface area contributed by atoms with Gasteiger partial charge in [-0.25, -0.2) is 0 Å². The highest BCUT2D eigenvalue weighted by Crippen LogP contribution is 2.52. The zero-order valence-corrected chi connectivity index (χ0v) is 32.2. The molecule has 0 N–H and O–H groups in total. The third kappa shape index (κ3) is 4.50. The predicted molar refractivity (Wildman–Crippen MR) is 238 cm³/mol. The standard InChI is InChI=1S/C52H36N6O/c1-52(32-24-25-41-37(29-32)49-42(21-10-28-55-49)56(41)33-13-3-2-4-14-33)30-38-34-17-9-20-45(57-39-18-7-5-15-35(39)47-43(57)22-11-26-53-47)50(34)59-51(38)46(31-52)58-40-19-8-6-16-36(40)48-44(58)23-12-27-54-48/h2-29,46H,30-31H2,1H3. The quantitative estimate of drug-likeness (QED) is 0.179. The normalized spacial score (nSPS) is 17.0. The van der Waals surface area contributed by atoms with Crippen LogP contribution in [0.1, 0.15) is 36.3 Å². The maximum absolute atomic E-state index is 7.39. The average Bonchev–Trinajstić information content (AvgIpc) is 4.03. The van der Waals surface area contributed by atoms with E-state index < -0.39 is 0 Å². The maximum Gasteiger partial charge on any atom is 0.158 e. The number of hydrogen-bond acceptors (Lipinski definition) is 4. The van der Waals surface area contributed by atoms with Crippen LogP contribution < -0.4 is 0 Å². The molecule has 0 amide bonds. The zero-order chi connectivity index (χ0) is 38.8. The lowest BCUT2D eigenvalue weighted by atomic mass is 9.68. The van der Waals surface area contributed by atoms with Gasteiger partial charge in [0.15, 0.2) is 5.58 Å². The Labute approximate surface area is 338 Å². The van der Waals surface area contributed by atoms with Crippen LogP contribution in [0.3, 0.4) is 0 Å². The van der Waals surface area contributed by atoms with E-state index in [0.29, 0.717) is 0 Å². The first-order valence-corrected chi connectivity index (χ1v) is 20.3. The molecule has 7 nitrogen and oxygen atoms in total. The second kappa shape index (κ2) is 12.0. The van der Waals surface area contributed by atoms with Crippen molar-refractivity contribution in [2.75, 3.05) is 0 Å². The van der Waals surface area contributed by atoms with E-state index in [0.717, 1.165) is 107 Å². The summed E-state index contributed by atoms with van der Waals surface area (Å²) in [5.74, 6) is 1.01. The zero-order valence-electron chi connectivity index (χ0n) is 32.2. The molecule has 7 heteroatoms. The number of nitrogens with zero attached hydrogens (tertiary/aromatic N) is 6. The molecule has 0 radical (unpaired) electrons. The van der Waals surface area contributed by atoms with Gasteiger partial charge in [-0.05, 0) is 103 Å². The summed E-state index contributed by atoms with van der Waals surface area (Å²) >= 11 is 0. The minimum atomic E-state index is -0.273. The van der Waals surface area contributed by atoms with E-state index in [9.17, 15) is 0 Å². The van der Waals surface area contributed by atoms with Crippen LogP contribution in [0, 0.1) is 0 Å². The Hall–Kier alpha value is -7.51. The van der Waals surface area contributed by atoms with Gasteiger partial charge in [0.05, 0.1) is 61.4 Å². The molecule has 0 saturated heterocycles. The molecule has 2 atom stereocenters. The van der Waals surface area contributed by atoms with Gasteiger partial charge < -0.3 is 18.1 Å². The van der Waals surface area contributed by atoms with Crippen molar-refractivity contribution in [3.05, 3.63) is 187 Å². The fourth-order valence-electron chi connectivity index (χ4n) is 10.5. The molecule has 2 unspecified atom stereocenters. The van der Waals surface area contributed by atoms with Crippen LogP contribution in [-0.4, -0.2) is 28.7 Å². The predicted octanol–water partition coefficient (Wildman–Crippen LogP) is 12.4. The van der Waals surface area contributed by atoms with Gasteiger partial charge in [-0.3, -0.25) is 15.0 Å². The molecule has 1 aliphatic rings. The smallest absolute Gasteiger partial charge is 0.158 e. The highest BCUT2D eigenvalue weighted by molar-refractivity contribution is 6.09. The van der Waals surface area contributed by atoms with E-state index >= 15 is 0 Å². The average molecular weight is 761 g/mol. The second-order valence-electron chi connectivity index (χ2n) is 16.3. The number of aromatic nitrogens is 6. The summed E-state index contributed by atoms with van der Waals surface area (Å²) in [5, 5.41) is 4.57. The highest BCUT2D eigenvalue weighted by Gasteiger charge is 2.43. The fourth-order valence-corrected chi connectivity index (χ4v) is 10.5. The highest BCUT2D eigenvalue weighted by atomic mass is 16.3. The van der Waals surface area contributed by atoms with Crippen LogP contribution in [-0.2, 0) is 11.8 Å².